The van der Waals surface area contributed by atoms with Crippen molar-refractivity contribution in [1.82, 2.24) is 15.0 Å². The van der Waals surface area contributed by atoms with E-state index in [1.165, 1.54) is 0 Å². The second-order valence-electron chi connectivity index (χ2n) is 4.84. The molecule has 0 aliphatic rings. The zero-order valence-corrected chi connectivity index (χ0v) is 10.4. The van der Waals surface area contributed by atoms with Crippen LogP contribution in [0, 0.1) is 0 Å². The molecule has 0 saturated heterocycles. The lowest BCUT2D eigenvalue weighted by molar-refractivity contribution is 0.222. The molecule has 1 rings (SSSR count). The number of aromatic nitrogens is 3. The lowest BCUT2D eigenvalue weighted by Crippen LogP contribution is -2.28. The summed E-state index contributed by atoms with van der Waals surface area (Å²) in [4.78, 5) is 12.0. The summed E-state index contributed by atoms with van der Waals surface area (Å²) in [5.74, 6) is 0.577. The fourth-order valence-electron chi connectivity index (χ4n) is 1.03. The van der Waals surface area contributed by atoms with Gasteiger partial charge in [-0.3, -0.25) is 0 Å². The molecule has 1 aromatic rings. The quantitative estimate of drug-likeness (QED) is 0.809. The fraction of sp³-hybridized carbons (Fsp3) is 0.700. The van der Waals surface area contributed by atoms with Crippen LogP contribution in [0.1, 0.15) is 34.6 Å². The third kappa shape index (κ3) is 4.29. The van der Waals surface area contributed by atoms with Crippen molar-refractivity contribution in [3.05, 3.63) is 0 Å². The summed E-state index contributed by atoms with van der Waals surface area (Å²) in [5.41, 5.74) is 5.44. The Bertz CT molecular complexity index is 359. The van der Waals surface area contributed by atoms with Crippen molar-refractivity contribution in [3.63, 3.8) is 0 Å². The van der Waals surface area contributed by atoms with Gasteiger partial charge < -0.3 is 15.8 Å². The molecule has 6 heteroatoms. The van der Waals surface area contributed by atoms with E-state index in [2.05, 4.69) is 20.3 Å². The number of nitrogens with zero attached hydrogens (tertiary/aromatic N) is 3. The summed E-state index contributed by atoms with van der Waals surface area (Å²) in [6.07, 6.45) is 0.00397. The molecule has 16 heavy (non-hydrogen) atoms. The summed E-state index contributed by atoms with van der Waals surface area (Å²) in [5, 5.41) is 3.11. The molecule has 90 valence electrons. The number of hydrogen-bond donors (Lipinski definition) is 2. The zero-order chi connectivity index (χ0) is 12.3. The number of nitrogen functional groups attached to an aromatic ring is 1. The molecular weight excluding hydrogens is 206 g/mol. The Balaban J connectivity index is 2.90. The molecule has 0 unspecified atom stereocenters. The third-order valence-corrected chi connectivity index (χ3v) is 1.46. The van der Waals surface area contributed by atoms with Crippen LogP contribution in [0.2, 0.25) is 0 Å². The topological polar surface area (TPSA) is 86.0 Å². The first-order chi connectivity index (χ1) is 7.26. The van der Waals surface area contributed by atoms with Gasteiger partial charge in [0.05, 0.1) is 6.10 Å². The number of hydrogen-bond acceptors (Lipinski definition) is 6. The van der Waals surface area contributed by atoms with Crippen LogP contribution in [0.15, 0.2) is 0 Å². The second-order valence-corrected chi connectivity index (χ2v) is 4.84. The molecular formula is C10H19N5O. The van der Waals surface area contributed by atoms with Crippen LogP contribution in [0.25, 0.3) is 0 Å². The highest BCUT2D eigenvalue weighted by Gasteiger charge is 2.13. The first-order valence-electron chi connectivity index (χ1n) is 5.22. The molecule has 0 aliphatic carbocycles. The van der Waals surface area contributed by atoms with E-state index in [1.807, 2.05) is 34.6 Å². The molecule has 0 amide bonds. The highest BCUT2D eigenvalue weighted by atomic mass is 16.5. The Kier molecular flexibility index (Phi) is 3.51. The van der Waals surface area contributed by atoms with Gasteiger partial charge in [0.1, 0.15) is 0 Å². The van der Waals surface area contributed by atoms with E-state index in [4.69, 9.17) is 10.5 Å². The number of nitrogens with one attached hydrogen (secondary N) is 1. The van der Waals surface area contributed by atoms with E-state index >= 15 is 0 Å². The standard InChI is InChI=1S/C10H19N5O/c1-6(2)16-9-13-7(11)12-8(14-9)15-10(3,4)5/h6H,1-5H3,(H3,11,12,13,14,15). The Morgan fingerprint density at radius 3 is 2.31 bits per heavy atom. The van der Waals surface area contributed by atoms with E-state index < -0.39 is 0 Å². The van der Waals surface area contributed by atoms with E-state index in [0.29, 0.717) is 5.95 Å². The Labute approximate surface area is 95.6 Å². The highest BCUT2D eigenvalue weighted by Crippen LogP contribution is 2.14. The van der Waals surface area contributed by atoms with Crippen molar-refractivity contribution >= 4 is 11.9 Å². The van der Waals surface area contributed by atoms with E-state index in [0.717, 1.165) is 0 Å². The molecule has 0 saturated carbocycles. The number of anilines is 2. The third-order valence-electron chi connectivity index (χ3n) is 1.46. The molecule has 0 fully saturated rings. The number of ether oxygens (including phenoxy) is 1. The fourth-order valence-corrected chi connectivity index (χ4v) is 1.03. The summed E-state index contributed by atoms with van der Waals surface area (Å²) < 4.78 is 5.37. The van der Waals surface area contributed by atoms with Crippen molar-refractivity contribution in [2.45, 2.75) is 46.3 Å². The van der Waals surface area contributed by atoms with Crippen molar-refractivity contribution in [1.29, 1.82) is 0 Å². The monoisotopic (exact) mass is 225 g/mol. The SMILES string of the molecule is CC(C)Oc1nc(N)nc(NC(C)(C)C)n1. The summed E-state index contributed by atoms with van der Waals surface area (Å²) in [7, 11) is 0. The van der Waals surface area contributed by atoms with Gasteiger partial charge in [-0.1, -0.05) is 0 Å². The first kappa shape index (κ1) is 12.5. The maximum absolute atomic E-state index is 5.57. The average Bonchev–Trinajstić information content (AvgIpc) is 1.96. The number of rotatable bonds is 3. The lowest BCUT2D eigenvalue weighted by atomic mass is 10.1. The molecule has 3 N–H and O–H groups in total. The van der Waals surface area contributed by atoms with Crippen LogP contribution in [-0.2, 0) is 0 Å². The predicted molar refractivity (Wildman–Crippen MR) is 63.4 cm³/mol. The Morgan fingerprint density at radius 1 is 1.19 bits per heavy atom. The number of nitrogens with two attached hydrogens (primary N) is 1. The van der Waals surface area contributed by atoms with E-state index in [9.17, 15) is 0 Å². The molecule has 0 aromatic carbocycles. The normalized spacial score (nSPS) is 11.6. The molecule has 0 spiro atoms. The highest BCUT2D eigenvalue weighted by molar-refractivity contribution is 5.34. The molecule has 1 aromatic heterocycles. The van der Waals surface area contributed by atoms with Gasteiger partial charge in [0.15, 0.2) is 0 Å². The van der Waals surface area contributed by atoms with Gasteiger partial charge in [-0.15, -0.1) is 0 Å². The van der Waals surface area contributed by atoms with Gasteiger partial charge in [0, 0.05) is 5.54 Å². The Hall–Kier alpha value is -1.59. The molecule has 1 heterocycles. The maximum atomic E-state index is 5.57. The van der Waals surface area contributed by atoms with Gasteiger partial charge in [0.25, 0.3) is 0 Å². The summed E-state index contributed by atoms with van der Waals surface area (Å²) in [6, 6.07) is 0.245. The van der Waals surface area contributed by atoms with Crippen LogP contribution in [-0.4, -0.2) is 26.6 Å². The minimum Gasteiger partial charge on any atom is -0.461 e. The molecule has 0 atom stereocenters. The van der Waals surface area contributed by atoms with Crippen molar-refractivity contribution in [2.24, 2.45) is 0 Å². The molecule has 0 bridgehead atoms. The minimum absolute atomic E-state index is 0.00397. The maximum Gasteiger partial charge on any atom is 0.323 e. The van der Waals surface area contributed by atoms with E-state index in [-0.39, 0.29) is 23.6 Å². The predicted octanol–water partition coefficient (Wildman–Crippen LogP) is 1.45. The van der Waals surface area contributed by atoms with E-state index in [1.54, 1.807) is 0 Å². The molecule has 0 aliphatic heterocycles. The van der Waals surface area contributed by atoms with Crippen LogP contribution in [0.3, 0.4) is 0 Å². The zero-order valence-electron chi connectivity index (χ0n) is 10.4. The molecule has 0 radical (unpaired) electrons. The summed E-state index contributed by atoms with van der Waals surface area (Å²) in [6.45, 7) is 9.83. The van der Waals surface area contributed by atoms with Gasteiger partial charge in [-0.25, -0.2) is 0 Å². The smallest absolute Gasteiger partial charge is 0.323 e. The van der Waals surface area contributed by atoms with Crippen molar-refractivity contribution in [3.8, 4) is 6.01 Å². The van der Waals surface area contributed by atoms with Gasteiger partial charge in [-0.2, -0.15) is 15.0 Å². The van der Waals surface area contributed by atoms with Crippen LogP contribution in [0.5, 0.6) is 6.01 Å². The largest absolute Gasteiger partial charge is 0.461 e. The average molecular weight is 225 g/mol. The van der Waals surface area contributed by atoms with Crippen LogP contribution in [0.4, 0.5) is 11.9 Å². The van der Waals surface area contributed by atoms with Gasteiger partial charge >= 0.3 is 6.01 Å². The molecule has 6 nitrogen and oxygen atoms in total. The minimum atomic E-state index is -0.136. The van der Waals surface area contributed by atoms with Crippen LogP contribution >= 0.6 is 0 Å². The van der Waals surface area contributed by atoms with Gasteiger partial charge in [-0.05, 0) is 34.6 Å². The second kappa shape index (κ2) is 4.51. The van der Waals surface area contributed by atoms with Crippen molar-refractivity contribution < 1.29 is 4.74 Å². The van der Waals surface area contributed by atoms with Crippen LogP contribution < -0.4 is 15.8 Å². The van der Waals surface area contributed by atoms with Crippen molar-refractivity contribution in [2.75, 3.05) is 11.1 Å². The summed E-state index contributed by atoms with van der Waals surface area (Å²) >= 11 is 0. The first-order valence-corrected chi connectivity index (χ1v) is 5.22. The Morgan fingerprint density at radius 2 is 1.81 bits per heavy atom. The lowest BCUT2D eigenvalue weighted by Gasteiger charge is -2.20. The van der Waals surface area contributed by atoms with Gasteiger partial charge in [0.2, 0.25) is 11.9 Å².